The van der Waals surface area contributed by atoms with Crippen molar-refractivity contribution in [2.45, 2.75) is 18.2 Å². The van der Waals surface area contributed by atoms with Crippen LogP contribution in [0.1, 0.15) is 11.1 Å². The molecule has 7 nitrogen and oxygen atoms in total. The zero-order valence-corrected chi connectivity index (χ0v) is 17.2. The molecule has 0 bridgehead atoms. The molecule has 8 heteroatoms. The SMILES string of the molecule is Cc1ccc(S(=O)(=O)N2CCN(CC(=O)Nc3ccc(CC#N)cc3)CC2)cc1. The molecule has 1 amide bonds. The Balaban J connectivity index is 1.51. The van der Waals surface area contributed by atoms with Gasteiger partial charge in [-0.15, -0.1) is 0 Å². The van der Waals surface area contributed by atoms with Crippen molar-refractivity contribution in [1.82, 2.24) is 9.21 Å². The molecular weight excluding hydrogens is 388 g/mol. The van der Waals surface area contributed by atoms with Crippen molar-refractivity contribution in [3.63, 3.8) is 0 Å². The first-order valence-corrected chi connectivity index (χ1v) is 10.9. The summed E-state index contributed by atoms with van der Waals surface area (Å²) in [4.78, 5) is 14.5. The molecular formula is C21H24N4O3S. The third-order valence-electron chi connectivity index (χ3n) is 4.88. The van der Waals surface area contributed by atoms with E-state index in [0.717, 1.165) is 11.1 Å². The molecule has 0 spiro atoms. The summed E-state index contributed by atoms with van der Waals surface area (Å²) in [6.07, 6.45) is 0.337. The summed E-state index contributed by atoms with van der Waals surface area (Å²) >= 11 is 0. The fourth-order valence-corrected chi connectivity index (χ4v) is 4.61. The number of sulfonamides is 1. The fraction of sp³-hybridized carbons (Fsp3) is 0.333. The Morgan fingerprint density at radius 1 is 1.03 bits per heavy atom. The summed E-state index contributed by atoms with van der Waals surface area (Å²) in [5.74, 6) is -0.145. The maximum Gasteiger partial charge on any atom is 0.243 e. The van der Waals surface area contributed by atoms with Gasteiger partial charge in [-0.05, 0) is 36.8 Å². The van der Waals surface area contributed by atoms with E-state index in [2.05, 4.69) is 11.4 Å². The molecule has 0 saturated carbocycles. The predicted octanol–water partition coefficient (Wildman–Crippen LogP) is 2.01. The summed E-state index contributed by atoms with van der Waals surface area (Å²) in [5, 5.41) is 11.5. The second-order valence-electron chi connectivity index (χ2n) is 7.07. The van der Waals surface area contributed by atoms with E-state index < -0.39 is 10.0 Å². The monoisotopic (exact) mass is 412 g/mol. The molecule has 2 aromatic carbocycles. The van der Waals surface area contributed by atoms with Gasteiger partial charge in [0.15, 0.2) is 0 Å². The van der Waals surface area contributed by atoms with Gasteiger partial charge in [0.1, 0.15) is 0 Å². The zero-order valence-electron chi connectivity index (χ0n) is 16.3. The normalized spacial score (nSPS) is 15.6. The lowest BCUT2D eigenvalue weighted by atomic mass is 10.1. The van der Waals surface area contributed by atoms with Crippen LogP contribution in [0.5, 0.6) is 0 Å². The number of nitrogens with zero attached hydrogens (tertiary/aromatic N) is 3. The number of nitrogens with one attached hydrogen (secondary N) is 1. The van der Waals surface area contributed by atoms with Crippen LogP contribution < -0.4 is 5.32 Å². The van der Waals surface area contributed by atoms with E-state index in [9.17, 15) is 13.2 Å². The van der Waals surface area contributed by atoms with E-state index in [1.807, 2.05) is 24.0 Å². The van der Waals surface area contributed by atoms with Crippen molar-refractivity contribution < 1.29 is 13.2 Å². The Morgan fingerprint density at radius 3 is 2.24 bits per heavy atom. The van der Waals surface area contributed by atoms with Crippen LogP contribution >= 0.6 is 0 Å². The van der Waals surface area contributed by atoms with Crippen LogP contribution in [-0.4, -0.2) is 56.3 Å². The number of piperazine rings is 1. The molecule has 0 unspecified atom stereocenters. The molecule has 152 valence electrons. The number of carbonyl (C=O) groups excluding carboxylic acids is 1. The molecule has 1 aliphatic rings. The molecule has 3 rings (SSSR count). The van der Waals surface area contributed by atoms with Gasteiger partial charge in [0, 0.05) is 31.9 Å². The average Bonchev–Trinajstić information content (AvgIpc) is 2.70. The van der Waals surface area contributed by atoms with E-state index in [1.54, 1.807) is 36.4 Å². The van der Waals surface area contributed by atoms with Gasteiger partial charge < -0.3 is 5.32 Å². The lowest BCUT2D eigenvalue weighted by Crippen LogP contribution is -2.50. The molecule has 2 aromatic rings. The first-order valence-electron chi connectivity index (χ1n) is 9.43. The zero-order chi connectivity index (χ0) is 20.9. The number of amides is 1. The van der Waals surface area contributed by atoms with Crippen molar-refractivity contribution in [1.29, 1.82) is 5.26 Å². The smallest absolute Gasteiger partial charge is 0.243 e. The molecule has 1 aliphatic heterocycles. The second-order valence-corrected chi connectivity index (χ2v) is 9.01. The van der Waals surface area contributed by atoms with Crippen LogP contribution in [0.15, 0.2) is 53.4 Å². The van der Waals surface area contributed by atoms with E-state index in [1.165, 1.54) is 4.31 Å². The van der Waals surface area contributed by atoms with Crippen LogP contribution in [0.25, 0.3) is 0 Å². The molecule has 1 heterocycles. The molecule has 0 aliphatic carbocycles. The second kappa shape index (κ2) is 9.18. The van der Waals surface area contributed by atoms with Gasteiger partial charge in [0.05, 0.1) is 23.9 Å². The number of aryl methyl sites for hydroxylation is 1. The van der Waals surface area contributed by atoms with Gasteiger partial charge in [-0.25, -0.2) is 8.42 Å². The maximum absolute atomic E-state index is 12.8. The number of rotatable bonds is 6. The molecule has 0 atom stereocenters. The topological polar surface area (TPSA) is 93.5 Å². The minimum Gasteiger partial charge on any atom is -0.325 e. The molecule has 29 heavy (non-hydrogen) atoms. The molecule has 0 aromatic heterocycles. The van der Waals surface area contributed by atoms with Gasteiger partial charge in [0.2, 0.25) is 15.9 Å². The Morgan fingerprint density at radius 2 is 1.66 bits per heavy atom. The van der Waals surface area contributed by atoms with Crippen molar-refractivity contribution >= 4 is 21.6 Å². The highest BCUT2D eigenvalue weighted by Crippen LogP contribution is 2.18. The summed E-state index contributed by atoms with van der Waals surface area (Å²) in [5.41, 5.74) is 2.59. The van der Waals surface area contributed by atoms with Crippen LogP contribution in [-0.2, 0) is 21.2 Å². The lowest BCUT2D eigenvalue weighted by molar-refractivity contribution is -0.117. The van der Waals surface area contributed by atoms with E-state index in [0.29, 0.717) is 43.2 Å². The Labute approximate surface area is 171 Å². The Bertz CT molecular complexity index is 988. The molecule has 1 saturated heterocycles. The third kappa shape index (κ3) is 5.41. The summed E-state index contributed by atoms with van der Waals surface area (Å²) in [6, 6.07) is 16.1. The largest absolute Gasteiger partial charge is 0.325 e. The van der Waals surface area contributed by atoms with E-state index in [-0.39, 0.29) is 12.5 Å². The summed E-state index contributed by atoms with van der Waals surface area (Å²) in [7, 11) is -3.50. The van der Waals surface area contributed by atoms with Gasteiger partial charge in [0.25, 0.3) is 0 Å². The highest BCUT2D eigenvalue weighted by atomic mass is 32.2. The number of hydrogen-bond donors (Lipinski definition) is 1. The van der Waals surface area contributed by atoms with E-state index in [4.69, 9.17) is 5.26 Å². The Kier molecular flexibility index (Phi) is 6.64. The van der Waals surface area contributed by atoms with E-state index >= 15 is 0 Å². The number of nitriles is 1. The standard InChI is InChI=1S/C21H24N4O3S/c1-17-2-8-20(9-3-17)29(27,28)25-14-12-24(13-15-25)16-21(26)23-19-6-4-18(5-7-19)10-11-22/h2-9H,10,12-16H2,1H3,(H,23,26). The van der Waals surface area contributed by atoms with Crippen LogP contribution in [0, 0.1) is 18.3 Å². The summed E-state index contributed by atoms with van der Waals surface area (Å²) in [6.45, 7) is 3.83. The molecule has 1 fully saturated rings. The van der Waals surface area contributed by atoms with Crippen molar-refractivity contribution in [2.24, 2.45) is 0 Å². The molecule has 0 radical (unpaired) electrons. The highest BCUT2D eigenvalue weighted by molar-refractivity contribution is 7.89. The third-order valence-corrected chi connectivity index (χ3v) is 6.79. The Hall–Kier alpha value is -2.73. The average molecular weight is 413 g/mol. The van der Waals surface area contributed by atoms with Crippen molar-refractivity contribution in [2.75, 3.05) is 38.0 Å². The number of benzene rings is 2. The molecule has 1 N–H and O–H groups in total. The van der Waals surface area contributed by atoms with Crippen LogP contribution in [0.3, 0.4) is 0 Å². The van der Waals surface area contributed by atoms with Crippen LogP contribution in [0.2, 0.25) is 0 Å². The first kappa shape index (κ1) is 21.0. The van der Waals surface area contributed by atoms with Crippen molar-refractivity contribution in [3.05, 3.63) is 59.7 Å². The van der Waals surface area contributed by atoms with Gasteiger partial charge >= 0.3 is 0 Å². The van der Waals surface area contributed by atoms with Crippen LogP contribution in [0.4, 0.5) is 5.69 Å². The number of carbonyl (C=O) groups is 1. The minimum absolute atomic E-state index is 0.145. The quantitative estimate of drug-likeness (QED) is 0.783. The fourth-order valence-electron chi connectivity index (χ4n) is 3.19. The minimum atomic E-state index is -3.50. The maximum atomic E-state index is 12.8. The van der Waals surface area contributed by atoms with Gasteiger partial charge in [-0.2, -0.15) is 9.57 Å². The highest BCUT2D eigenvalue weighted by Gasteiger charge is 2.28. The summed E-state index contributed by atoms with van der Waals surface area (Å²) < 4.78 is 27.0. The lowest BCUT2D eigenvalue weighted by Gasteiger charge is -2.33. The van der Waals surface area contributed by atoms with Crippen molar-refractivity contribution in [3.8, 4) is 6.07 Å². The number of hydrogen-bond acceptors (Lipinski definition) is 5. The van der Waals surface area contributed by atoms with Gasteiger partial charge in [-0.3, -0.25) is 9.69 Å². The first-order chi connectivity index (χ1) is 13.9. The predicted molar refractivity (Wildman–Crippen MR) is 111 cm³/mol. The van der Waals surface area contributed by atoms with Gasteiger partial charge in [-0.1, -0.05) is 29.8 Å². The number of anilines is 1.